The van der Waals surface area contributed by atoms with E-state index in [-0.39, 0.29) is 5.92 Å². The number of hydrogen-bond acceptors (Lipinski definition) is 6. The van der Waals surface area contributed by atoms with Gasteiger partial charge in [-0.15, -0.1) is 11.3 Å². The molecule has 35 heavy (non-hydrogen) atoms. The maximum absolute atomic E-state index is 12.5. The van der Waals surface area contributed by atoms with E-state index in [1.54, 1.807) is 30.6 Å². The van der Waals surface area contributed by atoms with Gasteiger partial charge in [0.2, 0.25) is 10.0 Å². The monoisotopic (exact) mass is 511 g/mol. The fourth-order valence-corrected chi connectivity index (χ4v) is 5.28. The van der Waals surface area contributed by atoms with E-state index < -0.39 is 21.3 Å². The molecule has 8 nitrogen and oxygen atoms in total. The van der Waals surface area contributed by atoms with Crippen LogP contribution in [-0.4, -0.2) is 31.3 Å². The number of H-pyrrole nitrogens is 1. The Morgan fingerprint density at radius 3 is 2.46 bits per heavy atom. The van der Waals surface area contributed by atoms with Crippen LogP contribution in [0.15, 0.2) is 75.8 Å². The molecule has 0 aliphatic rings. The van der Waals surface area contributed by atoms with Crippen LogP contribution in [0, 0.1) is 0 Å². The first kappa shape index (κ1) is 24.5. The summed E-state index contributed by atoms with van der Waals surface area (Å²) >= 11 is 1.56. The predicted molar refractivity (Wildman–Crippen MR) is 140 cm³/mol. The van der Waals surface area contributed by atoms with Crippen LogP contribution >= 0.6 is 11.3 Å². The first-order valence-corrected chi connectivity index (χ1v) is 13.6. The standard InChI is InChI=1S/C25H25N3O5S2/c1-16(17-6-8-19(9-7-17)27-35(3,31)32)13-18-14-20(28-11-10-23(29)26-25(28)30)15-21(24(18)33-2)22-5-4-12-34-22/h4-12,14-16,27H,13H2,1-3H3,(H,26,29,30). The van der Waals surface area contributed by atoms with E-state index in [2.05, 4.69) is 16.6 Å². The first-order chi connectivity index (χ1) is 16.6. The quantitative estimate of drug-likeness (QED) is 0.372. The summed E-state index contributed by atoms with van der Waals surface area (Å²) in [5.41, 5.74) is 2.92. The van der Waals surface area contributed by atoms with Crippen LogP contribution in [0.1, 0.15) is 24.0 Å². The summed E-state index contributed by atoms with van der Waals surface area (Å²) in [7, 11) is -1.72. The molecule has 4 rings (SSSR count). The number of aromatic nitrogens is 2. The molecule has 2 aromatic carbocycles. The van der Waals surface area contributed by atoms with Gasteiger partial charge < -0.3 is 4.74 Å². The van der Waals surface area contributed by atoms with Crippen LogP contribution in [0.5, 0.6) is 5.75 Å². The van der Waals surface area contributed by atoms with Crippen molar-refractivity contribution < 1.29 is 13.2 Å². The van der Waals surface area contributed by atoms with E-state index in [0.717, 1.165) is 33.6 Å². The summed E-state index contributed by atoms with van der Waals surface area (Å²) in [5, 5.41) is 1.97. The summed E-state index contributed by atoms with van der Waals surface area (Å²) < 4.78 is 32.7. The highest BCUT2D eigenvalue weighted by atomic mass is 32.2. The molecule has 1 unspecified atom stereocenters. The van der Waals surface area contributed by atoms with Gasteiger partial charge in [-0.2, -0.15) is 0 Å². The average Bonchev–Trinajstić information content (AvgIpc) is 3.33. The average molecular weight is 512 g/mol. The number of anilines is 1. The molecule has 0 aliphatic carbocycles. The second kappa shape index (κ2) is 9.93. The number of ether oxygens (including phenoxy) is 1. The summed E-state index contributed by atoms with van der Waals surface area (Å²) in [5.74, 6) is 0.783. The normalized spacial score (nSPS) is 12.3. The summed E-state index contributed by atoms with van der Waals surface area (Å²) in [6, 6.07) is 16.3. The fourth-order valence-electron chi connectivity index (χ4n) is 3.98. The van der Waals surface area contributed by atoms with Crippen molar-refractivity contribution in [1.82, 2.24) is 9.55 Å². The summed E-state index contributed by atoms with van der Waals surface area (Å²) in [4.78, 5) is 27.4. The Morgan fingerprint density at radius 1 is 1.11 bits per heavy atom. The van der Waals surface area contributed by atoms with Crippen LogP contribution < -0.4 is 20.7 Å². The molecule has 2 N–H and O–H groups in total. The van der Waals surface area contributed by atoms with Crippen molar-refractivity contribution in [3.63, 3.8) is 0 Å². The highest BCUT2D eigenvalue weighted by molar-refractivity contribution is 7.92. The van der Waals surface area contributed by atoms with Gasteiger partial charge in [0.15, 0.2) is 0 Å². The Bertz CT molecular complexity index is 1550. The lowest BCUT2D eigenvalue weighted by Crippen LogP contribution is -2.27. The third kappa shape index (κ3) is 5.72. The van der Waals surface area contributed by atoms with Crippen molar-refractivity contribution in [1.29, 1.82) is 0 Å². The van der Waals surface area contributed by atoms with Gasteiger partial charge in [0.05, 0.1) is 19.1 Å². The van der Waals surface area contributed by atoms with E-state index in [1.807, 2.05) is 41.8 Å². The van der Waals surface area contributed by atoms with E-state index in [1.165, 1.54) is 16.8 Å². The molecule has 0 saturated carbocycles. The number of sulfonamides is 1. The second-order valence-electron chi connectivity index (χ2n) is 8.24. The van der Waals surface area contributed by atoms with Crippen molar-refractivity contribution in [3.8, 4) is 21.9 Å². The smallest absolute Gasteiger partial charge is 0.332 e. The molecule has 0 fully saturated rings. The molecule has 0 bridgehead atoms. The Morgan fingerprint density at radius 2 is 1.86 bits per heavy atom. The van der Waals surface area contributed by atoms with Crippen molar-refractivity contribution in [3.05, 3.63) is 98.1 Å². The number of thiophene rings is 1. The Kier molecular flexibility index (Phi) is 6.95. The maximum Gasteiger partial charge on any atom is 0.332 e. The van der Waals surface area contributed by atoms with Crippen LogP contribution in [0.2, 0.25) is 0 Å². The summed E-state index contributed by atoms with van der Waals surface area (Å²) in [6.07, 6.45) is 3.18. The molecule has 0 radical (unpaired) electrons. The van der Waals surface area contributed by atoms with Crippen molar-refractivity contribution >= 4 is 27.0 Å². The lowest BCUT2D eigenvalue weighted by molar-refractivity contribution is 0.410. The third-order valence-electron chi connectivity index (χ3n) is 5.55. The zero-order valence-electron chi connectivity index (χ0n) is 19.4. The highest BCUT2D eigenvalue weighted by Gasteiger charge is 2.18. The molecule has 182 valence electrons. The first-order valence-electron chi connectivity index (χ1n) is 10.8. The molecular weight excluding hydrogens is 486 g/mol. The number of aromatic amines is 1. The van der Waals surface area contributed by atoms with Gasteiger partial charge in [-0.25, -0.2) is 13.2 Å². The van der Waals surface area contributed by atoms with Crippen molar-refractivity contribution in [2.45, 2.75) is 19.3 Å². The molecular formula is C25H25N3O5S2. The zero-order valence-corrected chi connectivity index (χ0v) is 21.1. The third-order valence-corrected chi connectivity index (χ3v) is 7.06. The van der Waals surface area contributed by atoms with Gasteiger partial charge in [-0.3, -0.25) is 19.1 Å². The molecule has 0 spiro atoms. The van der Waals surface area contributed by atoms with Gasteiger partial charge in [0.25, 0.3) is 5.56 Å². The van der Waals surface area contributed by atoms with Crippen LogP contribution in [0.4, 0.5) is 5.69 Å². The minimum absolute atomic E-state index is 0.0647. The minimum Gasteiger partial charge on any atom is -0.496 e. The molecule has 0 amide bonds. The van der Waals surface area contributed by atoms with Gasteiger partial charge in [-0.05, 0) is 59.2 Å². The van der Waals surface area contributed by atoms with Crippen molar-refractivity contribution in [2.24, 2.45) is 0 Å². The topological polar surface area (TPSA) is 110 Å². The van der Waals surface area contributed by atoms with Gasteiger partial charge in [0, 0.05) is 28.4 Å². The number of nitrogens with one attached hydrogen (secondary N) is 2. The Hall–Kier alpha value is -3.63. The van der Waals surface area contributed by atoms with Crippen molar-refractivity contribution in [2.75, 3.05) is 18.1 Å². The highest BCUT2D eigenvalue weighted by Crippen LogP contribution is 2.39. The molecule has 2 aromatic heterocycles. The van der Waals surface area contributed by atoms with E-state index in [4.69, 9.17) is 4.74 Å². The largest absolute Gasteiger partial charge is 0.496 e. The zero-order chi connectivity index (χ0) is 25.2. The molecule has 2 heterocycles. The number of methoxy groups -OCH3 is 1. The van der Waals surface area contributed by atoms with E-state index in [9.17, 15) is 18.0 Å². The van der Waals surface area contributed by atoms with Crippen LogP contribution in [0.3, 0.4) is 0 Å². The van der Waals surface area contributed by atoms with Crippen LogP contribution in [-0.2, 0) is 16.4 Å². The Labute approximate surface area is 206 Å². The lowest BCUT2D eigenvalue weighted by atomic mass is 9.91. The number of nitrogens with zero attached hydrogens (tertiary/aromatic N) is 1. The fraction of sp³-hybridized carbons (Fsp3) is 0.200. The Balaban J connectivity index is 1.76. The molecule has 0 aliphatic heterocycles. The second-order valence-corrected chi connectivity index (χ2v) is 10.9. The summed E-state index contributed by atoms with van der Waals surface area (Å²) in [6.45, 7) is 2.07. The van der Waals surface area contributed by atoms with E-state index in [0.29, 0.717) is 17.8 Å². The number of rotatable bonds is 8. The number of benzene rings is 2. The van der Waals surface area contributed by atoms with Gasteiger partial charge in [-0.1, -0.05) is 25.1 Å². The molecule has 1 atom stereocenters. The maximum atomic E-state index is 12.5. The van der Waals surface area contributed by atoms with Crippen LogP contribution in [0.25, 0.3) is 16.1 Å². The lowest BCUT2D eigenvalue weighted by Gasteiger charge is -2.19. The van der Waals surface area contributed by atoms with Gasteiger partial charge >= 0.3 is 5.69 Å². The van der Waals surface area contributed by atoms with E-state index >= 15 is 0 Å². The minimum atomic E-state index is -3.35. The van der Waals surface area contributed by atoms with Gasteiger partial charge in [0.1, 0.15) is 5.75 Å². The number of hydrogen-bond donors (Lipinski definition) is 2. The molecule has 0 saturated heterocycles. The molecule has 4 aromatic rings. The SMILES string of the molecule is COc1c(CC(C)c2ccc(NS(C)(=O)=O)cc2)cc(-n2ccc(=O)[nH]c2=O)cc1-c1cccs1. The molecule has 10 heteroatoms. The predicted octanol–water partition coefficient (Wildman–Crippen LogP) is 3.98.